The first-order valence-corrected chi connectivity index (χ1v) is 9.91. The molecule has 0 saturated carbocycles. The van der Waals surface area contributed by atoms with Gasteiger partial charge >= 0.3 is 0 Å². The first kappa shape index (κ1) is 20.6. The molecule has 2 aromatic rings. The Bertz CT molecular complexity index is 1030. The van der Waals surface area contributed by atoms with Gasteiger partial charge in [0.2, 0.25) is 17.7 Å². The van der Waals surface area contributed by atoms with Gasteiger partial charge in [0.05, 0.1) is 12.5 Å². The van der Waals surface area contributed by atoms with Gasteiger partial charge in [-0.3, -0.25) is 14.4 Å². The summed E-state index contributed by atoms with van der Waals surface area (Å²) in [6.07, 6.45) is 0.0587. The van der Waals surface area contributed by atoms with Crippen LogP contribution in [-0.2, 0) is 14.4 Å². The molecule has 0 radical (unpaired) electrons. The summed E-state index contributed by atoms with van der Waals surface area (Å²) in [7, 11) is 1.50. The summed E-state index contributed by atoms with van der Waals surface area (Å²) in [5.74, 6) is -0.765. The Hall–Kier alpha value is -3.62. The minimum absolute atomic E-state index is 0.0587. The van der Waals surface area contributed by atoms with E-state index in [9.17, 15) is 18.8 Å². The molecule has 162 valence electrons. The number of hydrogen-bond acceptors (Lipinski definition) is 5. The zero-order valence-electron chi connectivity index (χ0n) is 17.0. The summed E-state index contributed by atoms with van der Waals surface area (Å²) < 4.78 is 24.3. The van der Waals surface area contributed by atoms with E-state index < -0.39 is 17.6 Å². The minimum Gasteiger partial charge on any atom is -0.486 e. The predicted octanol–water partition coefficient (Wildman–Crippen LogP) is 2.05. The molecule has 3 amide bonds. The fraction of sp³-hybridized carbons (Fsp3) is 0.318. The van der Waals surface area contributed by atoms with Crippen LogP contribution in [0.2, 0.25) is 0 Å². The van der Waals surface area contributed by atoms with Crippen LogP contribution in [0.4, 0.5) is 15.8 Å². The van der Waals surface area contributed by atoms with Gasteiger partial charge in [-0.15, -0.1) is 0 Å². The van der Waals surface area contributed by atoms with Crippen LogP contribution in [-0.4, -0.2) is 56.0 Å². The van der Waals surface area contributed by atoms with Crippen molar-refractivity contribution in [3.63, 3.8) is 0 Å². The zero-order chi connectivity index (χ0) is 22.0. The summed E-state index contributed by atoms with van der Waals surface area (Å²) in [5, 5.41) is 2.56. The number of ether oxygens (including phenoxy) is 2. The molecule has 1 N–H and O–H groups in total. The Kier molecular flexibility index (Phi) is 5.75. The van der Waals surface area contributed by atoms with Crippen molar-refractivity contribution in [2.45, 2.75) is 6.42 Å². The first-order valence-electron chi connectivity index (χ1n) is 9.91. The minimum atomic E-state index is -0.562. The number of halogens is 1. The lowest BCUT2D eigenvalue weighted by atomic mass is 10.1. The lowest BCUT2D eigenvalue weighted by Crippen LogP contribution is -2.39. The Balaban J connectivity index is 1.36. The molecule has 0 bridgehead atoms. The number of amides is 3. The van der Waals surface area contributed by atoms with E-state index in [-0.39, 0.29) is 31.3 Å². The highest BCUT2D eigenvalue weighted by Gasteiger charge is 2.37. The fourth-order valence-corrected chi connectivity index (χ4v) is 3.69. The van der Waals surface area contributed by atoms with Crippen LogP contribution in [0.1, 0.15) is 6.42 Å². The number of anilines is 2. The average Bonchev–Trinajstić information content (AvgIpc) is 3.14. The number of nitrogens with zero attached hydrogens (tertiary/aromatic N) is 2. The van der Waals surface area contributed by atoms with Crippen molar-refractivity contribution in [3.8, 4) is 11.5 Å². The van der Waals surface area contributed by atoms with E-state index in [0.717, 1.165) is 0 Å². The average molecular weight is 427 g/mol. The van der Waals surface area contributed by atoms with E-state index >= 15 is 0 Å². The van der Waals surface area contributed by atoms with Crippen LogP contribution in [0.15, 0.2) is 42.5 Å². The molecule has 2 aliphatic heterocycles. The van der Waals surface area contributed by atoms with E-state index in [1.165, 1.54) is 30.1 Å². The summed E-state index contributed by atoms with van der Waals surface area (Å²) in [5.41, 5.74) is 0.947. The van der Waals surface area contributed by atoms with E-state index in [4.69, 9.17) is 9.47 Å². The number of benzene rings is 2. The van der Waals surface area contributed by atoms with Gasteiger partial charge in [0, 0.05) is 37.5 Å². The van der Waals surface area contributed by atoms with Crippen LogP contribution in [0.5, 0.6) is 11.5 Å². The predicted molar refractivity (Wildman–Crippen MR) is 111 cm³/mol. The molecule has 0 unspecified atom stereocenters. The van der Waals surface area contributed by atoms with Crippen molar-refractivity contribution in [3.05, 3.63) is 48.3 Å². The van der Waals surface area contributed by atoms with Crippen molar-refractivity contribution in [1.29, 1.82) is 0 Å². The molecule has 31 heavy (non-hydrogen) atoms. The molecule has 8 nitrogen and oxygen atoms in total. The number of likely N-dealkylation sites (N-methyl/N-ethyl adjacent to an activating group) is 1. The topological polar surface area (TPSA) is 88.2 Å². The summed E-state index contributed by atoms with van der Waals surface area (Å²) in [6.45, 7) is 0.926. The van der Waals surface area contributed by atoms with E-state index in [1.54, 1.807) is 29.2 Å². The van der Waals surface area contributed by atoms with Crippen LogP contribution in [0.25, 0.3) is 0 Å². The number of rotatable bonds is 5. The van der Waals surface area contributed by atoms with E-state index in [1.807, 2.05) is 0 Å². The van der Waals surface area contributed by atoms with Crippen molar-refractivity contribution in [1.82, 2.24) is 4.90 Å². The second-order valence-corrected chi connectivity index (χ2v) is 7.49. The standard InChI is InChI=1S/C22H22FN3O5/c1-25(13-20(27)24-16-4-2-3-15(23)10-16)22(29)14-9-21(28)26(12-14)17-5-6-18-19(11-17)31-8-7-30-18/h2-6,10-11,14H,7-9,12-13H2,1H3,(H,24,27)/t14-/m0/s1. The largest absolute Gasteiger partial charge is 0.486 e. The highest BCUT2D eigenvalue weighted by atomic mass is 19.1. The van der Waals surface area contributed by atoms with Crippen molar-refractivity contribution >= 4 is 29.1 Å². The number of carbonyl (C=O) groups is 3. The highest BCUT2D eigenvalue weighted by Crippen LogP contribution is 2.36. The molecule has 0 aromatic heterocycles. The van der Waals surface area contributed by atoms with Crippen LogP contribution in [0, 0.1) is 11.7 Å². The van der Waals surface area contributed by atoms with E-state index in [0.29, 0.717) is 36.1 Å². The highest BCUT2D eigenvalue weighted by molar-refractivity contribution is 6.01. The molecule has 0 aliphatic carbocycles. The molecule has 4 rings (SSSR count). The van der Waals surface area contributed by atoms with Gasteiger partial charge < -0.3 is 24.6 Å². The SMILES string of the molecule is CN(CC(=O)Nc1cccc(F)c1)C(=O)[C@H]1CC(=O)N(c2ccc3c(c2)OCCO3)C1. The van der Waals surface area contributed by atoms with Crippen LogP contribution >= 0.6 is 0 Å². The smallest absolute Gasteiger partial charge is 0.243 e. The third kappa shape index (κ3) is 4.60. The molecule has 0 spiro atoms. The molecule has 9 heteroatoms. The molecule has 1 atom stereocenters. The van der Waals surface area contributed by atoms with Gasteiger partial charge in [-0.05, 0) is 30.3 Å². The van der Waals surface area contributed by atoms with Crippen molar-refractivity contribution in [2.24, 2.45) is 5.92 Å². The molecule has 2 aromatic carbocycles. The lowest BCUT2D eigenvalue weighted by molar-refractivity contribution is -0.137. The van der Waals surface area contributed by atoms with Gasteiger partial charge in [-0.25, -0.2) is 4.39 Å². The fourth-order valence-electron chi connectivity index (χ4n) is 3.69. The van der Waals surface area contributed by atoms with Gasteiger partial charge in [0.25, 0.3) is 0 Å². The summed E-state index contributed by atoms with van der Waals surface area (Å²) in [6, 6.07) is 10.7. The van der Waals surface area contributed by atoms with Gasteiger partial charge in [0.1, 0.15) is 19.0 Å². The number of hydrogen-bond donors (Lipinski definition) is 1. The van der Waals surface area contributed by atoms with Crippen LogP contribution in [0.3, 0.4) is 0 Å². The third-order valence-electron chi connectivity index (χ3n) is 5.18. The summed E-state index contributed by atoms with van der Waals surface area (Å²) in [4.78, 5) is 40.4. The second-order valence-electron chi connectivity index (χ2n) is 7.49. The molecular formula is C22H22FN3O5. The number of nitrogens with one attached hydrogen (secondary N) is 1. The number of carbonyl (C=O) groups excluding carboxylic acids is 3. The third-order valence-corrected chi connectivity index (χ3v) is 5.18. The van der Waals surface area contributed by atoms with Crippen molar-refractivity contribution in [2.75, 3.05) is 43.6 Å². The first-order chi connectivity index (χ1) is 14.9. The zero-order valence-corrected chi connectivity index (χ0v) is 17.0. The molecule has 1 fully saturated rings. The molecular weight excluding hydrogens is 405 g/mol. The van der Waals surface area contributed by atoms with Gasteiger partial charge in [-0.2, -0.15) is 0 Å². The Morgan fingerprint density at radius 2 is 1.94 bits per heavy atom. The molecule has 2 aliphatic rings. The lowest BCUT2D eigenvalue weighted by Gasteiger charge is -2.23. The normalized spacial score (nSPS) is 17.4. The Labute approximate surface area is 178 Å². The maximum Gasteiger partial charge on any atom is 0.243 e. The van der Waals surface area contributed by atoms with Crippen molar-refractivity contribution < 1.29 is 28.2 Å². The Morgan fingerprint density at radius 1 is 1.16 bits per heavy atom. The van der Waals surface area contributed by atoms with Gasteiger partial charge in [0.15, 0.2) is 11.5 Å². The monoisotopic (exact) mass is 427 g/mol. The quantitative estimate of drug-likeness (QED) is 0.789. The number of fused-ring (bicyclic) bond motifs is 1. The second kappa shape index (κ2) is 8.63. The Morgan fingerprint density at radius 3 is 2.71 bits per heavy atom. The van der Waals surface area contributed by atoms with Gasteiger partial charge in [-0.1, -0.05) is 6.07 Å². The maximum atomic E-state index is 13.3. The molecule has 1 saturated heterocycles. The van der Waals surface area contributed by atoms with Crippen LogP contribution < -0.4 is 19.7 Å². The van der Waals surface area contributed by atoms with E-state index in [2.05, 4.69) is 5.32 Å². The summed E-state index contributed by atoms with van der Waals surface area (Å²) >= 11 is 0. The molecule has 2 heterocycles. The maximum absolute atomic E-state index is 13.3.